The normalized spacial score (nSPS) is 15.1. The van der Waals surface area contributed by atoms with E-state index in [-0.39, 0.29) is 30.9 Å². The van der Waals surface area contributed by atoms with Crippen LogP contribution in [0.1, 0.15) is 36.2 Å². The van der Waals surface area contributed by atoms with Gasteiger partial charge in [0.05, 0.1) is 13.2 Å². The Kier molecular flexibility index (Phi) is 5.81. The van der Waals surface area contributed by atoms with E-state index in [2.05, 4.69) is 21.2 Å². The highest BCUT2D eigenvalue weighted by Gasteiger charge is 2.26. The third-order valence-electron chi connectivity index (χ3n) is 3.62. The van der Waals surface area contributed by atoms with Gasteiger partial charge in [-0.25, -0.2) is 0 Å². The number of aliphatic hydroxyl groups excluding tert-OH is 1. The Labute approximate surface area is 131 Å². The fourth-order valence-electron chi connectivity index (χ4n) is 2.62. The minimum absolute atomic E-state index is 0.0681. The van der Waals surface area contributed by atoms with Gasteiger partial charge in [0, 0.05) is 12.6 Å². The van der Waals surface area contributed by atoms with Crippen LogP contribution in [0.2, 0.25) is 0 Å². The monoisotopic (exact) mass is 358 g/mol. The second-order valence-corrected chi connectivity index (χ2v) is 5.82. The van der Waals surface area contributed by atoms with E-state index in [1.807, 2.05) is 0 Å². The standard InChI is InChI=1S/C14H19BrN2O4/c15-12-6-5-11(21-12)14(20)16-9-13(19)17(7-8-18)10-3-1-2-4-10/h5-6,10,18H,1-4,7-9H2,(H,16,20). The first-order chi connectivity index (χ1) is 10.1. The van der Waals surface area contributed by atoms with Crippen molar-refractivity contribution in [2.45, 2.75) is 31.7 Å². The first-order valence-corrected chi connectivity index (χ1v) is 7.85. The molecule has 1 saturated carbocycles. The number of rotatable bonds is 6. The Balaban J connectivity index is 1.88. The molecule has 0 bridgehead atoms. The van der Waals surface area contributed by atoms with Crippen LogP contribution in [-0.2, 0) is 4.79 Å². The molecule has 1 aromatic heterocycles. The van der Waals surface area contributed by atoms with E-state index in [1.165, 1.54) is 6.07 Å². The zero-order valence-electron chi connectivity index (χ0n) is 11.7. The first-order valence-electron chi connectivity index (χ1n) is 7.05. The third-order valence-corrected chi connectivity index (χ3v) is 4.05. The van der Waals surface area contributed by atoms with Crippen LogP contribution in [-0.4, -0.2) is 47.6 Å². The second kappa shape index (κ2) is 7.61. The van der Waals surface area contributed by atoms with Crippen LogP contribution >= 0.6 is 15.9 Å². The van der Waals surface area contributed by atoms with Crippen molar-refractivity contribution in [2.75, 3.05) is 19.7 Å². The van der Waals surface area contributed by atoms with Crippen molar-refractivity contribution in [3.05, 3.63) is 22.6 Å². The maximum atomic E-state index is 12.2. The zero-order chi connectivity index (χ0) is 15.2. The molecule has 6 nitrogen and oxygen atoms in total. The van der Waals surface area contributed by atoms with Crippen molar-refractivity contribution >= 4 is 27.7 Å². The number of halogens is 1. The van der Waals surface area contributed by atoms with E-state index < -0.39 is 5.91 Å². The summed E-state index contributed by atoms with van der Waals surface area (Å²) in [6, 6.07) is 3.33. The molecule has 0 atom stereocenters. The molecule has 2 rings (SSSR count). The van der Waals surface area contributed by atoms with Crippen molar-refractivity contribution in [3.8, 4) is 0 Å². The third kappa shape index (κ3) is 4.31. The lowest BCUT2D eigenvalue weighted by Crippen LogP contribution is -2.46. The molecule has 1 aliphatic carbocycles. The van der Waals surface area contributed by atoms with Gasteiger partial charge >= 0.3 is 0 Å². The Morgan fingerprint density at radius 3 is 2.67 bits per heavy atom. The van der Waals surface area contributed by atoms with E-state index in [9.17, 15) is 9.59 Å². The first kappa shape index (κ1) is 16.0. The quantitative estimate of drug-likeness (QED) is 0.807. The smallest absolute Gasteiger partial charge is 0.287 e. The van der Waals surface area contributed by atoms with Gasteiger partial charge in [-0.3, -0.25) is 9.59 Å². The number of furan rings is 1. The van der Waals surface area contributed by atoms with Gasteiger partial charge in [0.2, 0.25) is 5.91 Å². The van der Waals surface area contributed by atoms with Gasteiger partial charge in [0.25, 0.3) is 5.91 Å². The van der Waals surface area contributed by atoms with E-state index >= 15 is 0 Å². The molecule has 7 heteroatoms. The average molecular weight is 359 g/mol. The van der Waals surface area contributed by atoms with Gasteiger partial charge in [0.15, 0.2) is 10.4 Å². The fourth-order valence-corrected chi connectivity index (χ4v) is 2.92. The molecule has 1 heterocycles. The second-order valence-electron chi connectivity index (χ2n) is 5.04. The minimum atomic E-state index is -0.426. The SMILES string of the molecule is O=C(NCC(=O)N(CCO)C1CCCC1)c1ccc(Br)o1. The lowest BCUT2D eigenvalue weighted by molar-refractivity contribution is -0.132. The highest BCUT2D eigenvalue weighted by atomic mass is 79.9. The largest absolute Gasteiger partial charge is 0.444 e. The van der Waals surface area contributed by atoms with E-state index in [4.69, 9.17) is 9.52 Å². The molecule has 0 unspecified atom stereocenters. The molecule has 0 spiro atoms. The fraction of sp³-hybridized carbons (Fsp3) is 0.571. The van der Waals surface area contributed by atoms with Gasteiger partial charge in [-0.15, -0.1) is 0 Å². The number of aliphatic hydroxyl groups is 1. The number of hydrogen-bond donors (Lipinski definition) is 2. The number of hydrogen-bond acceptors (Lipinski definition) is 4. The summed E-state index contributed by atoms with van der Waals surface area (Å²) >= 11 is 3.12. The number of carbonyl (C=O) groups excluding carboxylic acids is 2. The van der Waals surface area contributed by atoms with Crippen molar-refractivity contribution in [1.29, 1.82) is 0 Å². The summed E-state index contributed by atoms with van der Waals surface area (Å²) in [5, 5.41) is 11.7. The molecule has 0 aliphatic heterocycles. The van der Waals surface area contributed by atoms with Crippen LogP contribution in [0.5, 0.6) is 0 Å². The molecule has 1 aliphatic rings. The van der Waals surface area contributed by atoms with E-state index in [0.29, 0.717) is 11.2 Å². The van der Waals surface area contributed by atoms with Gasteiger partial charge in [-0.05, 0) is 40.9 Å². The number of amides is 2. The summed E-state index contributed by atoms with van der Waals surface area (Å²) in [5.41, 5.74) is 0. The summed E-state index contributed by atoms with van der Waals surface area (Å²) in [4.78, 5) is 25.7. The lowest BCUT2D eigenvalue weighted by atomic mass is 10.2. The molecular formula is C14H19BrN2O4. The number of nitrogens with one attached hydrogen (secondary N) is 1. The number of nitrogens with zero attached hydrogens (tertiary/aromatic N) is 1. The molecule has 0 radical (unpaired) electrons. The van der Waals surface area contributed by atoms with Crippen LogP contribution in [0.3, 0.4) is 0 Å². The summed E-state index contributed by atoms with van der Waals surface area (Å²) in [6.45, 7) is 0.153. The average Bonchev–Trinajstić information content (AvgIpc) is 3.13. The van der Waals surface area contributed by atoms with Crippen LogP contribution in [0.25, 0.3) is 0 Å². The van der Waals surface area contributed by atoms with Gasteiger partial charge in [-0.1, -0.05) is 12.8 Å². The van der Waals surface area contributed by atoms with Crippen LogP contribution in [0.4, 0.5) is 0 Å². The summed E-state index contributed by atoms with van der Waals surface area (Å²) in [7, 11) is 0. The topological polar surface area (TPSA) is 82.8 Å². The van der Waals surface area contributed by atoms with Gasteiger partial charge in [0.1, 0.15) is 0 Å². The Hall–Kier alpha value is -1.34. The molecule has 2 amide bonds. The van der Waals surface area contributed by atoms with Crippen LogP contribution < -0.4 is 5.32 Å². The Bertz CT molecular complexity index is 497. The van der Waals surface area contributed by atoms with E-state index in [1.54, 1.807) is 11.0 Å². The van der Waals surface area contributed by atoms with Gasteiger partial charge < -0.3 is 19.7 Å². The maximum absolute atomic E-state index is 12.2. The summed E-state index contributed by atoms with van der Waals surface area (Å²) < 4.78 is 5.59. The molecule has 1 aromatic rings. The van der Waals surface area contributed by atoms with E-state index in [0.717, 1.165) is 25.7 Å². The molecule has 2 N–H and O–H groups in total. The minimum Gasteiger partial charge on any atom is -0.444 e. The molecular weight excluding hydrogens is 340 g/mol. The van der Waals surface area contributed by atoms with Crippen molar-refractivity contribution in [2.24, 2.45) is 0 Å². The molecule has 1 fully saturated rings. The van der Waals surface area contributed by atoms with Crippen LogP contribution in [0.15, 0.2) is 21.2 Å². The molecule has 21 heavy (non-hydrogen) atoms. The molecule has 0 aromatic carbocycles. The maximum Gasteiger partial charge on any atom is 0.287 e. The summed E-state index contributed by atoms with van der Waals surface area (Å²) in [6.07, 6.45) is 4.13. The molecule has 116 valence electrons. The lowest BCUT2D eigenvalue weighted by Gasteiger charge is -2.28. The Morgan fingerprint density at radius 1 is 1.38 bits per heavy atom. The van der Waals surface area contributed by atoms with Crippen molar-refractivity contribution < 1.29 is 19.1 Å². The highest BCUT2D eigenvalue weighted by Crippen LogP contribution is 2.23. The van der Waals surface area contributed by atoms with Crippen LogP contribution in [0, 0.1) is 0 Å². The predicted octanol–water partition coefficient (Wildman–Crippen LogP) is 1.54. The number of carbonyl (C=O) groups is 2. The van der Waals surface area contributed by atoms with Gasteiger partial charge in [-0.2, -0.15) is 0 Å². The predicted molar refractivity (Wildman–Crippen MR) is 79.8 cm³/mol. The molecule has 0 saturated heterocycles. The highest BCUT2D eigenvalue weighted by molar-refractivity contribution is 9.10. The van der Waals surface area contributed by atoms with Crippen molar-refractivity contribution in [3.63, 3.8) is 0 Å². The zero-order valence-corrected chi connectivity index (χ0v) is 13.3. The summed E-state index contributed by atoms with van der Waals surface area (Å²) in [5.74, 6) is -0.441. The van der Waals surface area contributed by atoms with Crippen molar-refractivity contribution in [1.82, 2.24) is 10.2 Å². The Morgan fingerprint density at radius 2 is 2.10 bits per heavy atom.